The van der Waals surface area contributed by atoms with E-state index >= 15 is 0 Å². The van der Waals surface area contributed by atoms with Gasteiger partial charge >= 0.3 is 0 Å². The molecule has 0 aliphatic heterocycles. The predicted octanol–water partition coefficient (Wildman–Crippen LogP) is -0.335. The largest absolute Gasteiger partial charge is 0.437 e. The van der Waals surface area contributed by atoms with E-state index in [1.165, 1.54) is 6.08 Å². The molecule has 7 heavy (non-hydrogen) atoms. The highest BCUT2D eigenvalue weighted by Gasteiger charge is 1.64. The van der Waals surface area contributed by atoms with Crippen LogP contribution >= 0.6 is 0 Å². The van der Waals surface area contributed by atoms with Crippen LogP contribution in [0.5, 0.6) is 0 Å². The Bertz CT molecular complexity index is 67.3. The molecule has 3 heteroatoms. The monoisotopic (exact) mass is 102 g/mol. The normalized spacial score (nSPS) is 9.29. The average molecular weight is 102 g/mol. The second-order valence-electron chi connectivity index (χ2n) is 0.787. The Labute approximate surface area is 41.2 Å². The van der Waals surface area contributed by atoms with Crippen molar-refractivity contribution in [3.05, 3.63) is 12.3 Å². The summed E-state index contributed by atoms with van der Waals surface area (Å²) in [5.74, 6) is 0. The van der Waals surface area contributed by atoms with Crippen LogP contribution in [0, 0.1) is 0 Å². The number of hydrogen-bond acceptors (Lipinski definition) is 3. The Hall–Kier alpha value is -0.830. The molecule has 0 spiro atoms. The van der Waals surface area contributed by atoms with Crippen LogP contribution in [0.3, 0.4) is 0 Å². The zero-order valence-electron chi connectivity index (χ0n) is 3.70. The Kier molecular flexibility index (Phi) is 4.56. The van der Waals surface area contributed by atoms with Gasteiger partial charge in [-0.25, -0.2) is 0 Å². The summed E-state index contributed by atoms with van der Waals surface area (Å²) >= 11 is 0. The number of hydrogen-bond donors (Lipinski definition) is 1. The minimum absolute atomic E-state index is 0.103. The first-order chi connectivity index (χ1) is 3.41. The summed E-state index contributed by atoms with van der Waals surface area (Å²) < 4.78 is 4.05. The van der Waals surface area contributed by atoms with Crippen molar-refractivity contribution < 1.29 is 14.6 Å². The van der Waals surface area contributed by atoms with Crippen molar-refractivity contribution in [1.82, 2.24) is 0 Å². The fourth-order valence-electron chi connectivity index (χ4n) is 0.131. The van der Waals surface area contributed by atoms with E-state index < -0.39 is 0 Å². The van der Waals surface area contributed by atoms with E-state index in [0.29, 0.717) is 0 Å². The third-order valence-electron chi connectivity index (χ3n) is 0.336. The molecule has 0 aliphatic carbocycles. The second kappa shape index (κ2) is 5.17. The first-order valence-corrected chi connectivity index (χ1v) is 1.76. The zero-order chi connectivity index (χ0) is 5.54. The van der Waals surface area contributed by atoms with Gasteiger partial charge in [0.05, 0.1) is 12.9 Å². The molecule has 0 radical (unpaired) electrons. The Balaban J connectivity index is 2.92. The summed E-state index contributed by atoms with van der Waals surface area (Å²) in [6.45, 7) is 0.181. The summed E-state index contributed by atoms with van der Waals surface area (Å²) in [5, 5.41) is 8.01. The van der Waals surface area contributed by atoms with Crippen LogP contribution in [0.4, 0.5) is 0 Å². The number of aliphatic hydroxyl groups is 1. The molecule has 0 aromatic rings. The number of ether oxygens (including phenoxy) is 1. The fraction of sp³-hybridized carbons (Fsp3) is 0.250. The lowest BCUT2D eigenvalue weighted by Crippen LogP contribution is -1.75. The topological polar surface area (TPSA) is 46.5 Å². The van der Waals surface area contributed by atoms with Gasteiger partial charge in [-0.05, 0) is 6.08 Å². The standard InChI is InChI=1S/C4H6O3/c5-2-1-3-7-4-6/h1,3-5H,2H2. The summed E-state index contributed by atoms with van der Waals surface area (Å²) in [6, 6.07) is 0. The van der Waals surface area contributed by atoms with E-state index in [0.717, 1.165) is 6.26 Å². The van der Waals surface area contributed by atoms with E-state index in [1.807, 2.05) is 0 Å². The number of carbonyl (C=O) groups excluding carboxylic acids is 1. The predicted molar refractivity (Wildman–Crippen MR) is 23.4 cm³/mol. The molecule has 0 saturated carbocycles. The summed E-state index contributed by atoms with van der Waals surface area (Å²) in [4.78, 5) is 9.32. The molecule has 1 N–H and O–H groups in total. The minimum Gasteiger partial charge on any atom is -0.437 e. The van der Waals surface area contributed by atoms with Gasteiger partial charge in [0, 0.05) is 0 Å². The fourth-order valence-corrected chi connectivity index (χ4v) is 0.131. The van der Waals surface area contributed by atoms with Gasteiger partial charge in [0.2, 0.25) is 0 Å². The number of aliphatic hydroxyl groups excluding tert-OH is 1. The minimum atomic E-state index is -0.103. The molecule has 0 fully saturated rings. The lowest BCUT2D eigenvalue weighted by atomic mass is 10.7. The van der Waals surface area contributed by atoms with Crippen molar-refractivity contribution in [2.75, 3.05) is 6.61 Å². The molecule has 0 heterocycles. The van der Waals surface area contributed by atoms with Crippen molar-refractivity contribution in [1.29, 1.82) is 0 Å². The van der Waals surface area contributed by atoms with E-state index in [9.17, 15) is 4.79 Å². The smallest absolute Gasteiger partial charge is 0.297 e. The maximum absolute atomic E-state index is 9.32. The number of carbonyl (C=O) groups is 1. The summed E-state index contributed by atoms with van der Waals surface area (Å²) in [5.41, 5.74) is 0. The van der Waals surface area contributed by atoms with Gasteiger partial charge < -0.3 is 9.84 Å². The van der Waals surface area contributed by atoms with E-state index in [1.54, 1.807) is 0 Å². The van der Waals surface area contributed by atoms with Crippen molar-refractivity contribution in [2.24, 2.45) is 0 Å². The lowest BCUT2D eigenvalue weighted by Gasteiger charge is -1.78. The first-order valence-electron chi connectivity index (χ1n) is 1.76. The summed E-state index contributed by atoms with van der Waals surface area (Å²) in [7, 11) is 0. The van der Waals surface area contributed by atoms with Gasteiger partial charge in [-0.3, -0.25) is 4.79 Å². The van der Waals surface area contributed by atoms with Gasteiger partial charge in [-0.2, -0.15) is 0 Å². The van der Waals surface area contributed by atoms with Crippen LogP contribution in [0.25, 0.3) is 0 Å². The Morgan fingerprint density at radius 3 is 2.86 bits per heavy atom. The highest BCUT2D eigenvalue weighted by atomic mass is 16.5. The number of rotatable bonds is 3. The quantitative estimate of drug-likeness (QED) is 0.392. The average Bonchev–Trinajstić information content (AvgIpc) is 1.69. The SMILES string of the molecule is O=COC=CCO. The van der Waals surface area contributed by atoms with Crippen molar-refractivity contribution in [3.63, 3.8) is 0 Å². The molecule has 0 aliphatic rings. The molecular weight excluding hydrogens is 96.0 g/mol. The van der Waals surface area contributed by atoms with Crippen LogP contribution < -0.4 is 0 Å². The van der Waals surface area contributed by atoms with E-state index in [4.69, 9.17) is 5.11 Å². The highest BCUT2D eigenvalue weighted by molar-refractivity contribution is 5.38. The lowest BCUT2D eigenvalue weighted by molar-refractivity contribution is -0.123. The molecule has 0 unspecified atom stereocenters. The highest BCUT2D eigenvalue weighted by Crippen LogP contribution is 1.67. The van der Waals surface area contributed by atoms with Gasteiger partial charge in [0.1, 0.15) is 0 Å². The van der Waals surface area contributed by atoms with E-state index in [-0.39, 0.29) is 13.1 Å². The van der Waals surface area contributed by atoms with Gasteiger partial charge in [0.15, 0.2) is 0 Å². The van der Waals surface area contributed by atoms with Crippen LogP contribution in [0.1, 0.15) is 0 Å². The molecule has 0 aromatic carbocycles. The van der Waals surface area contributed by atoms with Crippen LogP contribution in [0.2, 0.25) is 0 Å². The van der Waals surface area contributed by atoms with Crippen LogP contribution in [-0.2, 0) is 9.53 Å². The van der Waals surface area contributed by atoms with Gasteiger partial charge in [0.25, 0.3) is 6.47 Å². The maximum Gasteiger partial charge on any atom is 0.297 e. The Morgan fingerprint density at radius 2 is 2.43 bits per heavy atom. The van der Waals surface area contributed by atoms with Crippen LogP contribution in [-0.4, -0.2) is 18.2 Å². The molecule has 0 amide bonds. The molecule has 0 saturated heterocycles. The Morgan fingerprint density at radius 1 is 1.71 bits per heavy atom. The van der Waals surface area contributed by atoms with Gasteiger partial charge in [-0.1, -0.05) is 0 Å². The molecule has 0 bridgehead atoms. The molecule has 0 rings (SSSR count). The summed E-state index contributed by atoms with van der Waals surface area (Å²) in [6.07, 6.45) is 2.43. The third kappa shape index (κ3) is 5.17. The zero-order valence-corrected chi connectivity index (χ0v) is 3.70. The maximum atomic E-state index is 9.32. The van der Waals surface area contributed by atoms with E-state index in [2.05, 4.69) is 4.74 Å². The first kappa shape index (κ1) is 6.17. The molecular formula is C4H6O3. The molecule has 40 valence electrons. The van der Waals surface area contributed by atoms with Gasteiger partial charge in [-0.15, -0.1) is 0 Å². The van der Waals surface area contributed by atoms with Crippen molar-refractivity contribution in [3.8, 4) is 0 Å². The van der Waals surface area contributed by atoms with Crippen LogP contribution in [0.15, 0.2) is 12.3 Å². The third-order valence-corrected chi connectivity index (χ3v) is 0.336. The van der Waals surface area contributed by atoms with Crippen molar-refractivity contribution >= 4 is 6.47 Å². The van der Waals surface area contributed by atoms with Crippen molar-refractivity contribution in [2.45, 2.75) is 0 Å². The molecule has 0 atom stereocenters. The second-order valence-corrected chi connectivity index (χ2v) is 0.787. The molecule has 0 aromatic heterocycles. The molecule has 3 nitrogen and oxygen atoms in total.